The number of benzene rings is 11. The van der Waals surface area contributed by atoms with Crippen molar-refractivity contribution in [1.29, 1.82) is 21.0 Å². The van der Waals surface area contributed by atoms with Crippen LogP contribution < -0.4 is 39.7 Å². The van der Waals surface area contributed by atoms with Gasteiger partial charge in [-0.05, 0) is 341 Å². The van der Waals surface area contributed by atoms with Crippen LogP contribution in [0.2, 0.25) is 0 Å². The molecule has 31 heteroatoms. The number of fused-ring (bicyclic) bond motifs is 5. The van der Waals surface area contributed by atoms with Crippen molar-refractivity contribution in [2.24, 2.45) is 0 Å². The Hall–Kier alpha value is -13.5. The third-order valence-corrected chi connectivity index (χ3v) is 22.5. The van der Waals surface area contributed by atoms with Gasteiger partial charge in [-0.15, -0.1) is 0 Å². The number of hydrogen-bond donors (Lipinski definition) is 5. The molecule has 24 nitrogen and oxygen atoms in total. The smallest absolute Gasteiger partial charge is 0.328 e. The van der Waals surface area contributed by atoms with E-state index < -0.39 is 11.2 Å². The Labute approximate surface area is 822 Å². The number of nitrogens with one attached hydrogen (secondary N) is 1. The predicted molar refractivity (Wildman–Crippen MR) is 537 cm³/mol. The van der Waals surface area contributed by atoms with Crippen molar-refractivity contribution in [3.63, 3.8) is 0 Å². The van der Waals surface area contributed by atoms with E-state index in [1.807, 2.05) is 210 Å². The van der Waals surface area contributed by atoms with Gasteiger partial charge in [0.1, 0.15) is 87.5 Å². The summed E-state index contributed by atoms with van der Waals surface area (Å²) in [4.78, 5) is 35.6. The number of aromatic hydroxyl groups is 4. The summed E-state index contributed by atoms with van der Waals surface area (Å²) in [7, 11) is 3.15. The quantitative estimate of drug-likeness (QED) is 0.0631. The van der Waals surface area contributed by atoms with Crippen LogP contribution in [0.3, 0.4) is 0 Å². The van der Waals surface area contributed by atoms with Crippen molar-refractivity contribution >= 4 is 179 Å². The van der Waals surface area contributed by atoms with E-state index in [2.05, 4.69) is 123 Å². The van der Waals surface area contributed by atoms with Gasteiger partial charge in [0.05, 0.1) is 45.9 Å². The van der Waals surface area contributed by atoms with Crippen molar-refractivity contribution in [3.8, 4) is 99.0 Å². The maximum Gasteiger partial charge on any atom is 0.328 e. The Balaban J connectivity index is 0.000000163. The Kier molecular flexibility index (Phi) is 36.0. The number of aromatic amines is 1. The van der Waals surface area contributed by atoms with Crippen LogP contribution >= 0.6 is 112 Å². The summed E-state index contributed by atoms with van der Waals surface area (Å²) in [5.74, 6) is 6.53. The lowest BCUT2D eigenvalue weighted by Crippen LogP contribution is -2.30. The van der Waals surface area contributed by atoms with Crippen molar-refractivity contribution < 1.29 is 75.7 Å². The molecule has 0 atom stereocenters. The van der Waals surface area contributed by atoms with Gasteiger partial charge in [0, 0.05) is 76.8 Å². The van der Waals surface area contributed by atoms with Gasteiger partial charge in [-0.25, -0.2) is 4.79 Å². The number of rotatable bonds is 14. The fourth-order valence-electron chi connectivity index (χ4n) is 12.8. The Morgan fingerprint density at radius 1 is 0.368 bits per heavy atom. The number of methoxy groups -OCH3 is 2. The molecule has 0 radical (unpaired) electrons. The molecule has 0 spiro atoms. The Morgan fingerprint density at radius 3 is 1.13 bits per heavy atom. The highest BCUT2D eigenvalue weighted by molar-refractivity contribution is 9.28. The number of aldehydes is 1. The number of phenols is 4. The molecule has 0 fully saturated rings. The lowest BCUT2D eigenvalue weighted by molar-refractivity contribution is 0.112. The molecule has 6 heterocycles. The second-order valence-corrected chi connectivity index (χ2v) is 36.9. The molecule has 17 rings (SSSR count). The molecule has 133 heavy (non-hydrogen) atoms. The average molecular weight is 2240 g/mol. The van der Waals surface area contributed by atoms with Crippen LogP contribution in [0.15, 0.2) is 258 Å². The van der Waals surface area contributed by atoms with Gasteiger partial charge < -0.3 is 70.9 Å². The van der Waals surface area contributed by atoms with Gasteiger partial charge in [0.2, 0.25) is 23.0 Å². The van der Waals surface area contributed by atoms with Crippen LogP contribution in [0, 0.1) is 121 Å². The zero-order valence-electron chi connectivity index (χ0n) is 73.5. The van der Waals surface area contributed by atoms with Crippen molar-refractivity contribution in [2.45, 2.75) is 82.7 Å². The van der Waals surface area contributed by atoms with Crippen LogP contribution in [0.5, 0.6) is 74.7 Å². The SMILES string of the molecule is COc1cc(C)ccc1O.COc1cc(C)ccc1Oc1cc(C)cc2oc(C#N)cc12.Cc1cc(Br)c2cc(Br)oc2c1.Cc1cc(Br)c2cc(C#N)oc2c1.Cc1cc(O)c(C=C(Br)Br)c(Br)c1.Cc1cc(O)c(C=O)c(Br)c1.Cc1ccc(Oc2cc(C)cc3oc(C#N)cc23)c(O)c1.Cc1ccc(Oc2cc(C)cc3oc(C#N)cc23)c(OCCn2ccc(=O)[nH]c2=O)c1. The van der Waals surface area contributed by atoms with E-state index in [0.29, 0.717) is 101 Å². The largest absolute Gasteiger partial charge is 0.507 e. The van der Waals surface area contributed by atoms with Crippen LogP contribution in [-0.4, -0.2) is 57.1 Å². The number of aromatic nitrogens is 2. The number of nitriles is 4. The van der Waals surface area contributed by atoms with Crippen LogP contribution in [0.4, 0.5) is 0 Å². The topological polar surface area (TPSA) is 369 Å². The molecule has 0 aliphatic rings. The highest BCUT2D eigenvalue weighted by atomic mass is 79.9. The normalized spacial score (nSPS) is 10.3. The molecule has 678 valence electrons. The average Bonchev–Trinajstić information content (AvgIpc) is 1.68. The lowest BCUT2D eigenvalue weighted by atomic mass is 10.1. The van der Waals surface area contributed by atoms with Gasteiger partial charge in [-0.3, -0.25) is 19.1 Å². The first-order valence-electron chi connectivity index (χ1n) is 39.9. The summed E-state index contributed by atoms with van der Waals surface area (Å²) in [5, 5.41) is 77.8. The summed E-state index contributed by atoms with van der Waals surface area (Å²) in [6.45, 7) is 21.8. The predicted octanol–water partition coefficient (Wildman–Crippen LogP) is 29.0. The number of furan rings is 5. The molecule has 6 aromatic heterocycles. The Morgan fingerprint density at radius 2 is 0.714 bits per heavy atom. The fraction of sp³-hybridized carbons (Fsp3) is 0.147. The molecule has 0 aliphatic carbocycles. The van der Waals surface area contributed by atoms with Crippen molar-refractivity contribution in [1.82, 2.24) is 9.55 Å². The van der Waals surface area contributed by atoms with Crippen LogP contribution in [-0.2, 0) is 6.54 Å². The van der Waals surface area contributed by atoms with E-state index in [0.717, 1.165) is 110 Å². The number of aryl methyl sites for hydroxylation is 11. The summed E-state index contributed by atoms with van der Waals surface area (Å²) < 4.78 is 67.7. The number of nitrogens with zero attached hydrogens (tertiary/aromatic N) is 5. The molecule has 11 aromatic carbocycles. The van der Waals surface area contributed by atoms with Crippen LogP contribution in [0.1, 0.15) is 100 Å². The maximum atomic E-state index is 11.8. The monoisotopic (exact) mass is 2230 g/mol. The molecule has 17 aromatic rings. The second kappa shape index (κ2) is 47.1. The summed E-state index contributed by atoms with van der Waals surface area (Å²) in [5.41, 5.74) is 14.8. The fourth-order valence-corrected chi connectivity index (χ4v) is 16.4. The second-order valence-electron chi connectivity index (χ2n) is 29.9. The van der Waals surface area contributed by atoms with E-state index in [-0.39, 0.29) is 53.4 Å². The lowest BCUT2D eigenvalue weighted by Gasteiger charge is -2.14. The summed E-state index contributed by atoms with van der Waals surface area (Å²) in [6, 6.07) is 65.8. The number of halogens is 7. The number of carbonyl (C=O) groups excluding carboxylic acids is 1. The molecule has 0 unspecified atom stereocenters. The van der Waals surface area contributed by atoms with E-state index in [4.69, 9.17) is 76.7 Å². The molecule has 0 saturated carbocycles. The van der Waals surface area contributed by atoms with E-state index in [1.54, 1.807) is 86.0 Å². The van der Waals surface area contributed by atoms with Gasteiger partial charge in [0.15, 0.2) is 57.0 Å². The number of carbonyl (C=O) groups is 1. The molecular weight excluding hydrogens is 2160 g/mol. The zero-order chi connectivity index (χ0) is 96.8. The molecule has 0 aliphatic heterocycles. The third kappa shape index (κ3) is 28.1. The molecule has 5 N–H and O–H groups in total. The molecular formula is C102H83Br7N6O18. The van der Waals surface area contributed by atoms with E-state index >= 15 is 0 Å². The minimum atomic E-state index is -0.493. The van der Waals surface area contributed by atoms with E-state index in [9.17, 15) is 29.7 Å². The van der Waals surface area contributed by atoms with E-state index in [1.165, 1.54) is 29.5 Å². The number of H-pyrrole nitrogens is 1. The summed E-state index contributed by atoms with van der Waals surface area (Å²) >= 11 is 23.2. The van der Waals surface area contributed by atoms with Gasteiger partial charge in [-0.2, -0.15) is 21.0 Å². The minimum Gasteiger partial charge on any atom is -0.507 e. The third-order valence-electron chi connectivity index (χ3n) is 19.0. The van der Waals surface area contributed by atoms with Gasteiger partial charge in [-0.1, -0.05) is 72.1 Å². The standard InChI is InChI=1S/C23H19N3O5.C18H15NO3.C17H13NO3.C10H6BrNO.C9H7Br3O.C9H6Br2O.C8H7BrO2.C8H10O2/c1-14-3-4-18(21(9-14)29-8-7-26-6-5-22(27)25-23(26)28)31-20-11-15(2)10-19-17(20)12-16(13-24)30-19;1-11-4-5-15(18(6-11)20-3)22-17-8-12(2)7-16-14(17)9-13(10-19)21-16;1-10-3-4-15(14(19)5-10)21-17-7-11(2)6-16-13(17)8-12(9-18)20-16;1-6-2-9(11)8-4-7(5-12)13-10(8)3-6;1-5-2-7(10)6(4-9(11)12)8(13)3-5;1-5-2-7(10)6-4-9(11)12-8(6)3-5;1-5-2-7(9)6(4-10)8(11)3-5;1-6-3-4-7(9)8(5-6)10-2/h3-6,9-12H,7-8H2,1-2H3,(H,25,27,28);4-9H,1-3H3;3-8,19H,1-2H3;2-4H,1H3;2-4,13H,1H3;2-4H,1H3;2-4,11H,1H3;3-5,9H,1-2H3. The number of ether oxygens (including phenoxy) is 6. The number of phenolic OH excluding ortho intramolecular Hbond substituents is 4. The molecule has 0 saturated heterocycles. The van der Waals surface area contributed by atoms with Gasteiger partial charge >= 0.3 is 5.69 Å². The maximum absolute atomic E-state index is 11.8. The highest BCUT2D eigenvalue weighted by Gasteiger charge is 2.19. The Bertz CT molecular complexity index is 7470. The zero-order valence-corrected chi connectivity index (χ0v) is 84.6. The first-order valence-corrected chi connectivity index (χ1v) is 45.5. The van der Waals surface area contributed by atoms with Crippen LogP contribution in [0.25, 0.3) is 60.9 Å². The van der Waals surface area contributed by atoms with Gasteiger partial charge in [0.25, 0.3) is 5.56 Å². The highest BCUT2D eigenvalue weighted by Crippen LogP contribution is 2.43. The molecule has 0 bridgehead atoms. The van der Waals surface area contributed by atoms with Crippen molar-refractivity contribution in [2.75, 3.05) is 20.8 Å². The van der Waals surface area contributed by atoms with Crippen molar-refractivity contribution in [3.05, 3.63) is 342 Å². The minimum absolute atomic E-state index is 0.0203. The first-order chi connectivity index (χ1) is 63.3. The first kappa shape index (κ1) is 102. The summed E-state index contributed by atoms with van der Waals surface area (Å²) in [6.07, 6.45) is 3.84. The number of hydrogen-bond acceptors (Lipinski definition) is 22. The molecule has 0 amide bonds.